The summed E-state index contributed by atoms with van der Waals surface area (Å²) in [5.74, 6) is -1.26. The van der Waals surface area contributed by atoms with Gasteiger partial charge >= 0.3 is 5.97 Å². The van der Waals surface area contributed by atoms with Crippen LogP contribution in [0, 0.1) is 0 Å². The van der Waals surface area contributed by atoms with E-state index in [1.165, 1.54) is 18.2 Å². The van der Waals surface area contributed by atoms with Gasteiger partial charge in [-0.3, -0.25) is 9.52 Å². The molecule has 3 rings (SSSR count). The number of ether oxygens (including phenoxy) is 1. The lowest BCUT2D eigenvalue weighted by molar-refractivity contribution is -0.124. The summed E-state index contributed by atoms with van der Waals surface area (Å²) in [6.07, 6.45) is 0. The molecular weight excluding hydrogens is 412 g/mol. The van der Waals surface area contributed by atoms with Crippen molar-refractivity contribution in [2.75, 3.05) is 11.3 Å². The van der Waals surface area contributed by atoms with Gasteiger partial charge in [0.15, 0.2) is 6.61 Å². The monoisotopic (exact) mass is 430 g/mol. The Morgan fingerprint density at radius 2 is 1.66 bits per heavy atom. The molecule has 0 bridgehead atoms. The molecule has 1 aromatic heterocycles. The van der Waals surface area contributed by atoms with Gasteiger partial charge in [-0.2, -0.15) is 0 Å². The van der Waals surface area contributed by atoms with Crippen LogP contribution in [0.15, 0.2) is 76.3 Å². The molecule has 0 radical (unpaired) electrons. The van der Waals surface area contributed by atoms with Crippen molar-refractivity contribution >= 4 is 38.9 Å². The van der Waals surface area contributed by atoms with E-state index in [1.807, 2.05) is 30.3 Å². The second-order valence-electron chi connectivity index (χ2n) is 5.92. The minimum Gasteiger partial charge on any atom is -0.452 e. The normalized spacial score (nSPS) is 10.9. The van der Waals surface area contributed by atoms with Crippen molar-refractivity contribution in [3.8, 4) is 0 Å². The Labute approximate surface area is 172 Å². The van der Waals surface area contributed by atoms with Gasteiger partial charge in [-0.1, -0.05) is 48.5 Å². The Morgan fingerprint density at radius 3 is 2.38 bits per heavy atom. The minimum atomic E-state index is -3.82. The van der Waals surface area contributed by atoms with Crippen molar-refractivity contribution in [3.05, 3.63) is 83.2 Å². The zero-order valence-electron chi connectivity index (χ0n) is 15.2. The molecular formula is C20H18N2O5S2. The molecule has 0 saturated heterocycles. The van der Waals surface area contributed by atoms with Crippen LogP contribution in [0.1, 0.15) is 15.9 Å². The average Bonchev–Trinajstić information content (AvgIpc) is 3.27. The van der Waals surface area contributed by atoms with Gasteiger partial charge in [0, 0.05) is 6.54 Å². The van der Waals surface area contributed by atoms with Gasteiger partial charge in [0.1, 0.15) is 4.21 Å². The van der Waals surface area contributed by atoms with Gasteiger partial charge in [-0.25, -0.2) is 13.2 Å². The molecule has 0 aliphatic heterocycles. The Hall–Kier alpha value is -3.17. The molecule has 0 aliphatic rings. The van der Waals surface area contributed by atoms with E-state index in [9.17, 15) is 18.0 Å². The predicted octanol–water partition coefficient (Wildman–Crippen LogP) is 3.02. The summed E-state index contributed by atoms with van der Waals surface area (Å²) in [4.78, 5) is 24.3. The SMILES string of the molecule is O=C(COC(=O)c1ccccc1NS(=O)(=O)c1cccs1)NCc1ccccc1. The quantitative estimate of drug-likeness (QED) is 0.535. The highest BCUT2D eigenvalue weighted by Gasteiger charge is 2.20. The fraction of sp³-hybridized carbons (Fsp3) is 0.100. The van der Waals surface area contributed by atoms with E-state index in [1.54, 1.807) is 23.6 Å². The third-order valence-corrected chi connectivity index (χ3v) is 6.58. The van der Waals surface area contributed by atoms with Crippen LogP contribution < -0.4 is 10.0 Å². The van der Waals surface area contributed by atoms with Crippen molar-refractivity contribution in [1.82, 2.24) is 5.32 Å². The fourth-order valence-corrected chi connectivity index (χ4v) is 4.49. The highest BCUT2D eigenvalue weighted by atomic mass is 32.2. The molecule has 2 N–H and O–H groups in total. The number of carbonyl (C=O) groups excluding carboxylic acids is 2. The highest BCUT2D eigenvalue weighted by molar-refractivity contribution is 7.94. The summed E-state index contributed by atoms with van der Waals surface area (Å²) in [5.41, 5.74) is 1.01. The predicted molar refractivity (Wildman–Crippen MR) is 110 cm³/mol. The number of hydrogen-bond donors (Lipinski definition) is 2. The van der Waals surface area contributed by atoms with Gasteiger partial charge in [-0.05, 0) is 29.1 Å². The first kappa shape index (κ1) is 20.6. The standard InChI is InChI=1S/C20H18N2O5S2/c23-18(21-13-15-7-2-1-3-8-15)14-27-20(24)16-9-4-5-10-17(16)22-29(25,26)19-11-6-12-28-19/h1-12,22H,13-14H2,(H,21,23). The summed E-state index contributed by atoms with van der Waals surface area (Å²) in [7, 11) is -3.82. The van der Waals surface area contributed by atoms with Crippen LogP contribution >= 0.6 is 11.3 Å². The number of benzene rings is 2. The highest BCUT2D eigenvalue weighted by Crippen LogP contribution is 2.23. The van der Waals surface area contributed by atoms with Gasteiger partial charge < -0.3 is 10.1 Å². The lowest BCUT2D eigenvalue weighted by Gasteiger charge is -2.11. The Morgan fingerprint density at radius 1 is 0.931 bits per heavy atom. The van der Waals surface area contributed by atoms with Gasteiger partial charge in [0.05, 0.1) is 11.3 Å². The smallest absolute Gasteiger partial charge is 0.340 e. The second-order valence-corrected chi connectivity index (χ2v) is 8.78. The largest absolute Gasteiger partial charge is 0.452 e. The first-order valence-corrected chi connectivity index (χ1v) is 10.9. The molecule has 150 valence electrons. The Balaban J connectivity index is 1.60. The summed E-state index contributed by atoms with van der Waals surface area (Å²) in [6.45, 7) is -0.161. The second kappa shape index (κ2) is 9.35. The number of esters is 1. The Bertz CT molecular complexity index is 1080. The molecule has 0 spiro atoms. The lowest BCUT2D eigenvalue weighted by atomic mass is 10.2. The van der Waals surface area contributed by atoms with E-state index in [-0.39, 0.29) is 15.5 Å². The molecule has 3 aromatic rings. The molecule has 0 aliphatic carbocycles. The zero-order chi connectivity index (χ0) is 20.7. The number of rotatable bonds is 8. The fourth-order valence-electron chi connectivity index (χ4n) is 2.42. The number of nitrogens with one attached hydrogen (secondary N) is 2. The molecule has 7 nitrogen and oxygen atoms in total. The maximum Gasteiger partial charge on any atom is 0.340 e. The maximum absolute atomic E-state index is 12.4. The molecule has 0 fully saturated rings. The van der Waals surface area contributed by atoms with Gasteiger partial charge in [0.2, 0.25) is 0 Å². The van der Waals surface area contributed by atoms with Crippen molar-refractivity contribution in [2.45, 2.75) is 10.8 Å². The number of sulfonamides is 1. The average molecular weight is 431 g/mol. The van der Waals surface area contributed by atoms with E-state index in [2.05, 4.69) is 10.0 Å². The molecule has 1 amide bonds. The molecule has 1 heterocycles. The van der Waals surface area contributed by atoms with E-state index in [4.69, 9.17) is 4.74 Å². The summed E-state index contributed by atoms with van der Waals surface area (Å²) < 4.78 is 32.4. The number of thiophene rings is 1. The van der Waals surface area contributed by atoms with Crippen molar-refractivity contribution in [3.63, 3.8) is 0 Å². The number of hydrogen-bond acceptors (Lipinski definition) is 6. The third-order valence-electron chi connectivity index (χ3n) is 3.82. The van der Waals surface area contributed by atoms with Crippen LogP contribution in [0.4, 0.5) is 5.69 Å². The number of carbonyl (C=O) groups is 2. The summed E-state index contributed by atoms with van der Waals surface area (Å²) in [6, 6.07) is 18.4. The van der Waals surface area contributed by atoms with Gasteiger partial charge in [-0.15, -0.1) is 11.3 Å². The minimum absolute atomic E-state index is 0.0171. The number of anilines is 1. The van der Waals surface area contributed by atoms with Gasteiger partial charge in [0.25, 0.3) is 15.9 Å². The van der Waals surface area contributed by atoms with E-state index >= 15 is 0 Å². The molecule has 0 saturated carbocycles. The van der Waals surface area contributed by atoms with Crippen LogP contribution in [-0.4, -0.2) is 26.9 Å². The number of amides is 1. The molecule has 9 heteroatoms. The van der Waals surface area contributed by atoms with Crippen molar-refractivity contribution in [1.29, 1.82) is 0 Å². The molecule has 0 unspecified atom stereocenters. The van der Waals surface area contributed by atoms with Crippen LogP contribution in [-0.2, 0) is 26.1 Å². The third kappa shape index (κ3) is 5.66. The van der Waals surface area contributed by atoms with Crippen molar-refractivity contribution in [2.24, 2.45) is 0 Å². The summed E-state index contributed by atoms with van der Waals surface area (Å²) in [5, 5.41) is 4.29. The van der Waals surface area contributed by atoms with Crippen LogP contribution in [0.3, 0.4) is 0 Å². The maximum atomic E-state index is 12.4. The van der Waals surface area contributed by atoms with E-state index in [0.717, 1.165) is 16.9 Å². The topological polar surface area (TPSA) is 102 Å². The first-order valence-electron chi connectivity index (χ1n) is 8.59. The zero-order valence-corrected chi connectivity index (χ0v) is 16.8. The molecule has 0 atom stereocenters. The number of para-hydroxylation sites is 1. The molecule has 2 aromatic carbocycles. The van der Waals surface area contributed by atoms with Crippen molar-refractivity contribution < 1.29 is 22.7 Å². The molecule has 29 heavy (non-hydrogen) atoms. The Kier molecular flexibility index (Phi) is 6.63. The van der Waals surface area contributed by atoms with E-state index < -0.39 is 28.5 Å². The van der Waals surface area contributed by atoms with Crippen LogP contribution in [0.5, 0.6) is 0 Å². The van der Waals surface area contributed by atoms with Crippen LogP contribution in [0.25, 0.3) is 0 Å². The lowest BCUT2D eigenvalue weighted by Crippen LogP contribution is -2.28. The first-order chi connectivity index (χ1) is 14.0. The summed E-state index contributed by atoms with van der Waals surface area (Å²) >= 11 is 1.06. The van der Waals surface area contributed by atoms with Crippen LogP contribution in [0.2, 0.25) is 0 Å². The van der Waals surface area contributed by atoms with E-state index in [0.29, 0.717) is 6.54 Å².